The van der Waals surface area contributed by atoms with Gasteiger partial charge in [0.05, 0.1) is 20.3 Å². The minimum atomic E-state index is -0.506. The van der Waals surface area contributed by atoms with Crippen molar-refractivity contribution in [2.24, 2.45) is 0 Å². The molecule has 2 amide bonds. The van der Waals surface area contributed by atoms with Crippen molar-refractivity contribution in [2.45, 2.75) is 26.1 Å². The molecular weight excluding hydrogens is 356 g/mol. The molecule has 26 heavy (non-hydrogen) atoms. The Morgan fingerprint density at radius 1 is 0.962 bits per heavy atom. The Labute approximate surface area is 158 Å². The number of hydrogen-bond donors (Lipinski definition) is 2. The number of hydrogen-bond acceptors (Lipinski definition) is 4. The highest BCUT2D eigenvalue weighted by molar-refractivity contribution is 6.30. The molecule has 0 radical (unpaired) electrons. The van der Waals surface area contributed by atoms with Gasteiger partial charge in [0.15, 0.2) is 17.7 Å². The average Bonchev–Trinajstić information content (AvgIpc) is 2.62. The first kappa shape index (κ1) is 19.7. The van der Waals surface area contributed by atoms with Crippen molar-refractivity contribution in [3.05, 3.63) is 53.1 Å². The maximum atomic E-state index is 12.2. The third-order valence-electron chi connectivity index (χ3n) is 3.72. The van der Waals surface area contributed by atoms with Gasteiger partial charge in [-0.3, -0.25) is 0 Å². The molecule has 0 bridgehead atoms. The van der Waals surface area contributed by atoms with Crippen LogP contribution in [0.15, 0.2) is 42.5 Å². The third kappa shape index (κ3) is 5.46. The molecule has 2 rings (SSSR count). The molecule has 0 saturated carbocycles. The van der Waals surface area contributed by atoms with E-state index >= 15 is 0 Å². The van der Waals surface area contributed by atoms with Gasteiger partial charge in [-0.25, -0.2) is 4.79 Å². The average molecular weight is 379 g/mol. The van der Waals surface area contributed by atoms with Crippen molar-refractivity contribution >= 4 is 17.6 Å². The molecule has 2 aromatic carbocycles. The Morgan fingerprint density at radius 3 is 2.23 bits per heavy atom. The predicted octanol–water partition coefficient (Wildman–Crippen LogP) is 4.14. The second kappa shape index (κ2) is 9.20. The highest BCUT2D eigenvalue weighted by Gasteiger charge is 2.14. The van der Waals surface area contributed by atoms with Crippen LogP contribution in [0.4, 0.5) is 4.79 Å². The molecule has 2 unspecified atom stereocenters. The molecule has 0 aromatic heterocycles. The van der Waals surface area contributed by atoms with E-state index in [2.05, 4.69) is 10.6 Å². The summed E-state index contributed by atoms with van der Waals surface area (Å²) >= 11 is 5.84. The molecule has 0 aliphatic rings. The molecule has 0 aliphatic carbocycles. The van der Waals surface area contributed by atoms with Crippen LogP contribution >= 0.6 is 11.6 Å². The number of nitrogens with one attached hydrogen (secondary N) is 2. The summed E-state index contributed by atoms with van der Waals surface area (Å²) in [7, 11) is 3.15. The van der Waals surface area contributed by atoms with E-state index in [1.165, 1.54) is 0 Å². The van der Waals surface area contributed by atoms with Gasteiger partial charge in [-0.05, 0) is 55.8 Å². The first-order valence-corrected chi connectivity index (χ1v) is 8.52. The minimum Gasteiger partial charge on any atom is -0.493 e. The smallest absolute Gasteiger partial charge is 0.318 e. The number of urea groups is 1. The summed E-state index contributed by atoms with van der Waals surface area (Å²) in [5.41, 5.74) is 0.893. The normalized spacial score (nSPS) is 12.7. The number of carbonyl (C=O) groups is 1. The zero-order valence-corrected chi connectivity index (χ0v) is 16.0. The minimum absolute atomic E-state index is 0.225. The lowest BCUT2D eigenvalue weighted by molar-refractivity contribution is 0.175. The van der Waals surface area contributed by atoms with Gasteiger partial charge in [0.2, 0.25) is 0 Å². The van der Waals surface area contributed by atoms with Crippen LogP contribution in [0, 0.1) is 0 Å². The molecule has 0 fully saturated rings. The van der Waals surface area contributed by atoms with Crippen LogP contribution in [0.2, 0.25) is 5.02 Å². The molecule has 0 heterocycles. The fraction of sp³-hybridized carbons (Fsp3) is 0.316. The monoisotopic (exact) mass is 378 g/mol. The lowest BCUT2D eigenvalue weighted by atomic mass is 10.1. The fourth-order valence-electron chi connectivity index (χ4n) is 2.38. The van der Waals surface area contributed by atoms with E-state index in [1.54, 1.807) is 51.5 Å². The van der Waals surface area contributed by atoms with Crippen molar-refractivity contribution < 1.29 is 19.0 Å². The van der Waals surface area contributed by atoms with E-state index in [9.17, 15) is 4.79 Å². The van der Waals surface area contributed by atoms with E-state index < -0.39 is 6.23 Å². The Balaban J connectivity index is 1.91. The molecule has 0 aliphatic heterocycles. The Hall–Kier alpha value is -2.60. The van der Waals surface area contributed by atoms with Crippen molar-refractivity contribution in [3.8, 4) is 17.2 Å². The third-order valence-corrected chi connectivity index (χ3v) is 3.97. The molecule has 2 atom stereocenters. The highest BCUT2D eigenvalue weighted by atomic mass is 35.5. The Morgan fingerprint density at radius 2 is 1.62 bits per heavy atom. The topological polar surface area (TPSA) is 68.8 Å². The second-order valence-electron chi connectivity index (χ2n) is 5.67. The van der Waals surface area contributed by atoms with Crippen LogP contribution in [0.3, 0.4) is 0 Å². The summed E-state index contributed by atoms with van der Waals surface area (Å²) in [6.45, 7) is 3.63. The van der Waals surface area contributed by atoms with Crippen LogP contribution in [0.1, 0.15) is 25.5 Å². The lowest BCUT2D eigenvalue weighted by Gasteiger charge is -2.20. The first-order chi connectivity index (χ1) is 12.4. The molecule has 2 N–H and O–H groups in total. The van der Waals surface area contributed by atoms with Gasteiger partial charge >= 0.3 is 6.03 Å². The molecule has 0 saturated heterocycles. The Kier molecular flexibility index (Phi) is 6.97. The number of benzene rings is 2. The molecule has 0 spiro atoms. The summed E-state index contributed by atoms with van der Waals surface area (Å²) in [5.74, 6) is 1.87. The van der Waals surface area contributed by atoms with Crippen LogP contribution < -0.4 is 24.8 Å². The summed E-state index contributed by atoms with van der Waals surface area (Å²) in [5, 5.41) is 6.22. The zero-order valence-electron chi connectivity index (χ0n) is 15.2. The summed E-state index contributed by atoms with van der Waals surface area (Å²) < 4.78 is 16.1. The van der Waals surface area contributed by atoms with Gasteiger partial charge in [-0.15, -0.1) is 0 Å². The quantitative estimate of drug-likeness (QED) is 0.710. The van der Waals surface area contributed by atoms with Gasteiger partial charge in [-0.2, -0.15) is 0 Å². The standard InChI is InChI=1S/C19H23ClN2O4/c1-12(14-5-10-17(24-3)18(11-14)25-4)21-19(23)22-13(2)26-16-8-6-15(20)7-9-16/h5-13H,1-4H3,(H2,21,22,23). The predicted molar refractivity (Wildman–Crippen MR) is 101 cm³/mol. The number of rotatable bonds is 7. The number of amides is 2. The number of halogens is 1. The lowest BCUT2D eigenvalue weighted by Crippen LogP contribution is -2.44. The van der Waals surface area contributed by atoms with Crippen LogP contribution in [0.25, 0.3) is 0 Å². The SMILES string of the molecule is COc1ccc(C(C)NC(=O)NC(C)Oc2ccc(Cl)cc2)cc1OC. The van der Waals surface area contributed by atoms with Crippen molar-refractivity contribution in [1.82, 2.24) is 10.6 Å². The van der Waals surface area contributed by atoms with Crippen molar-refractivity contribution in [3.63, 3.8) is 0 Å². The van der Waals surface area contributed by atoms with Gasteiger partial charge in [0.1, 0.15) is 5.75 Å². The van der Waals surface area contributed by atoms with E-state index in [4.69, 9.17) is 25.8 Å². The van der Waals surface area contributed by atoms with Crippen molar-refractivity contribution in [2.75, 3.05) is 14.2 Å². The van der Waals surface area contributed by atoms with Crippen LogP contribution in [-0.2, 0) is 0 Å². The van der Waals surface area contributed by atoms with Gasteiger partial charge in [-0.1, -0.05) is 17.7 Å². The number of ether oxygens (including phenoxy) is 3. The van der Waals surface area contributed by atoms with Gasteiger partial charge < -0.3 is 24.8 Å². The molecule has 2 aromatic rings. The number of methoxy groups -OCH3 is 2. The maximum absolute atomic E-state index is 12.2. The number of carbonyl (C=O) groups excluding carboxylic acids is 1. The van der Waals surface area contributed by atoms with Crippen molar-refractivity contribution in [1.29, 1.82) is 0 Å². The van der Waals surface area contributed by atoms with E-state index in [1.807, 2.05) is 19.1 Å². The summed E-state index contributed by atoms with van der Waals surface area (Å²) in [4.78, 5) is 12.2. The molecule has 6 nitrogen and oxygen atoms in total. The summed E-state index contributed by atoms with van der Waals surface area (Å²) in [6.07, 6.45) is -0.506. The van der Waals surface area contributed by atoms with Crippen LogP contribution in [0.5, 0.6) is 17.2 Å². The van der Waals surface area contributed by atoms with Crippen LogP contribution in [-0.4, -0.2) is 26.5 Å². The van der Waals surface area contributed by atoms with Gasteiger partial charge in [0, 0.05) is 5.02 Å². The Bertz CT molecular complexity index is 737. The van der Waals surface area contributed by atoms with E-state index in [-0.39, 0.29) is 12.1 Å². The zero-order chi connectivity index (χ0) is 19.1. The van der Waals surface area contributed by atoms with E-state index in [0.29, 0.717) is 22.3 Å². The molecule has 140 valence electrons. The highest BCUT2D eigenvalue weighted by Crippen LogP contribution is 2.29. The second-order valence-corrected chi connectivity index (χ2v) is 6.10. The fourth-order valence-corrected chi connectivity index (χ4v) is 2.50. The molecular formula is C19H23ClN2O4. The maximum Gasteiger partial charge on any atom is 0.318 e. The largest absolute Gasteiger partial charge is 0.493 e. The molecule has 7 heteroatoms. The first-order valence-electron chi connectivity index (χ1n) is 8.14. The van der Waals surface area contributed by atoms with E-state index in [0.717, 1.165) is 5.56 Å². The summed E-state index contributed by atoms with van der Waals surface area (Å²) in [6, 6.07) is 11.9. The van der Waals surface area contributed by atoms with Gasteiger partial charge in [0.25, 0.3) is 0 Å².